The molecule has 0 aliphatic carbocycles. The zero-order valence-electron chi connectivity index (χ0n) is 18.9. The van der Waals surface area contributed by atoms with E-state index in [4.69, 9.17) is 0 Å². The third kappa shape index (κ3) is 4.01. The van der Waals surface area contributed by atoms with Crippen LogP contribution in [0.4, 0.5) is 5.69 Å². The highest BCUT2D eigenvalue weighted by Crippen LogP contribution is 2.43. The summed E-state index contributed by atoms with van der Waals surface area (Å²) in [6.45, 7) is 2.14. The van der Waals surface area contributed by atoms with Gasteiger partial charge in [-0.1, -0.05) is 35.9 Å². The van der Waals surface area contributed by atoms with Crippen LogP contribution in [0.15, 0.2) is 70.8 Å². The average Bonchev–Trinajstić information content (AvgIpc) is 3.47. The average molecular weight is 473 g/mol. The van der Waals surface area contributed by atoms with Crippen molar-refractivity contribution in [1.29, 1.82) is 0 Å². The van der Waals surface area contributed by atoms with Crippen molar-refractivity contribution in [1.82, 2.24) is 14.9 Å². The fourth-order valence-corrected chi connectivity index (χ4v) is 5.43. The number of fused-ring (bicyclic) bond motifs is 1. The van der Waals surface area contributed by atoms with E-state index in [0.29, 0.717) is 16.7 Å². The molecule has 2 aromatic heterocycles. The van der Waals surface area contributed by atoms with Crippen LogP contribution in [0.25, 0.3) is 10.9 Å². The van der Waals surface area contributed by atoms with Crippen LogP contribution < -0.4 is 10.5 Å². The lowest BCUT2D eigenvalue weighted by Gasteiger charge is -2.29. The number of carbonyl (C=O) groups excluding carboxylic acids is 2. The van der Waals surface area contributed by atoms with Gasteiger partial charge in [-0.15, -0.1) is 11.3 Å². The van der Waals surface area contributed by atoms with E-state index in [1.165, 1.54) is 11.3 Å². The Hall–Kier alpha value is -3.78. The fraction of sp³-hybridized carbons (Fsp3) is 0.231. The van der Waals surface area contributed by atoms with Gasteiger partial charge in [0.15, 0.2) is 0 Å². The maximum atomic E-state index is 13.6. The summed E-state index contributed by atoms with van der Waals surface area (Å²) in [5.74, 6) is -0.361. The van der Waals surface area contributed by atoms with Crippen molar-refractivity contribution in [2.45, 2.75) is 25.9 Å². The maximum absolute atomic E-state index is 13.6. The molecule has 1 fully saturated rings. The minimum Gasteiger partial charge on any atom is -0.338 e. The Balaban J connectivity index is 1.44. The van der Waals surface area contributed by atoms with Gasteiger partial charge < -0.3 is 14.8 Å². The Morgan fingerprint density at radius 3 is 2.62 bits per heavy atom. The molecule has 0 spiro atoms. The minimum atomic E-state index is -0.537. The van der Waals surface area contributed by atoms with E-state index in [2.05, 4.69) is 9.97 Å². The molecule has 2 atom stereocenters. The van der Waals surface area contributed by atoms with Crippen molar-refractivity contribution in [2.24, 2.45) is 5.92 Å². The molecule has 1 aliphatic rings. The van der Waals surface area contributed by atoms with Gasteiger partial charge in [0.05, 0.1) is 29.4 Å². The Morgan fingerprint density at radius 1 is 1.12 bits per heavy atom. The number of aromatic amines is 1. The lowest BCUT2D eigenvalue weighted by Crippen LogP contribution is -2.37. The van der Waals surface area contributed by atoms with Crippen LogP contribution in [0.1, 0.15) is 28.7 Å². The molecular formula is C26H24N4O3S. The van der Waals surface area contributed by atoms with Crippen LogP contribution in [-0.4, -0.2) is 33.7 Å². The summed E-state index contributed by atoms with van der Waals surface area (Å²) in [5, 5.41) is 2.47. The molecule has 3 heterocycles. The number of benzene rings is 2. The molecular weight excluding hydrogens is 448 g/mol. The van der Waals surface area contributed by atoms with Gasteiger partial charge in [-0.05, 0) is 42.6 Å². The topological polar surface area (TPSA) is 86.4 Å². The minimum absolute atomic E-state index is 0.0776. The molecule has 34 heavy (non-hydrogen) atoms. The van der Waals surface area contributed by atoms with Gasteiger partial charge in [-0.3, -0.25) is 14.4 Å². The van der Waals surface area contributed by atoms with Crippen LogP contribution >= 0.6 is 11.3 Å². The Bertz CT molecular complexity index is 1410. The quantitative estimate of drug-likeness (QED) is 0.475. The highest BCUT2D eigenvalue weighted by Gasteiger charge is 2.46. The summed E-state index contributed by atoms with van der Waals surface area (Å²) in [6.07, 6.45) is 0.126. The fourth-order valence-electron chi connectivity index (χ4n) is 4.55. The number of thiophene rings is 1. The first-order chi connectivity index (χ1) is 16.4. The highest BCUT2D eigenvalue weighted by molar-refractivity contribution is 7.10. The van der Waals surface area contributed by atoms with Crippen LogP contribution in [0, 0.1) is 12.8 Å². The van der Waals surface area contributed by atoms with E-state index in [9.17, 15) is 14.4 Å². The normalized spacial score (nSPS) is 17.9. The summed E-state index contributed by atoms with van der Waals surface area (Å²) >= 11 is 1.54. The number of anilines is 1. The SMILES string of the molecule is Cc1ccc(N2C(=O)CC(C(=O)N(C)Cc3nc4ccccc4c(=O)[nH]3)C2c2cccs2)cc1. The third-order valence-corrected chi connectivity index (χ3v) is 7.15. The van der Waals surface area contributed by atoms with Crippen LogP contribution in [0.3, 0.4) is 0 Å². The lowest BCUT2D eigenvalue weighted by atomic mass is 9.97. The summed E-state index contributed by atoms with van der Waals surface area (Å²) in [6, 6.07) is 18.4. The van der Waals surface area contributed by atoms with Gasteiger partial charge in [0.2, 0.25) is 11.8 Å². The largest absolute Gasteiger partial charge is 0.338 e. The molecule has 2 amide bonds. The molecule has 1 N–H and O–H groups in total. The van der Waals surface area contributed by atoms with E-state index >= 15 is 0 Å². The lowest BCUT2D eigenvalue weighted by molar-refractivity contribution is -0.135. The molecule has 1 saturated heterocycles. The third-order valence-electron chi connectivity index (χ3n) is 6.21. The number of hydrogen-bond donors (Lipinski definition) is 1. The molecule has 7 nitrogen and oxygen atoms in total. The molecule has 8 heteroatoms. The summed E-state index contributed by atoms with van der Waals surface area (Å²) in [4.78, 5) is 50.8. The second-order valence-corrected chi connectivity index (χ2v) is 9.57. The Labute approximate surface area is 200 Å². The van der Waals surface area contributed by atoms with Gasteiger partial charge in [-0.25, -0.2) is 4.98 Å². The predicted molar refractivity (Wildman–Crippen MR) is 133 cm³/mol. The number of aryl methyl sites for hydroxylation is 1. The standard InChI is InChI=1S/C26H24N4O3S/c1-16-9-11-17(12-10-16)30-23(31)14-19(24(30)21-8-5-13-34-21)26(33)29(2)15-22-27-20-7-4-3-6-18(20)25(32)28-22/h3-13,19,24H,14-15H2,1-2H3,(H,27,28,32). The van der Waals surface area contributed by atoms with Gasteiger partial charge in [0.25, 0.3) is 5.56 Å². The maximum Gasteiger partial charge on any atom is 0.258 e. The smallest absolute Gasteiger partial charge is 0.258 e. The summed E-state index contributed by atoms with van der Waals surface area (Å²) < 4.78 is 0. The van der Waals surface area contributed by atoms with Crippen molar-refractivity contribution < 1.29 is 9.59 Å². The van der Waals surface area contributed by atoms with Gasteiger partial charge in [-0.2, -0.15) is 0 Å². The zero-order chi connectivity index (χ0) is 23.8. The first kappa shape index (κ1) is 22.0. The number of nitrogens with one attached hydrogen (secondary N) is 1. The number of hydrogen-bond acceptors (Lipinski definition) is 5. The molecule has 0 saturated carbocycles. The summed E-state index contributed by atoms with van der Waals surface area (Å²) in [5.41, 5.74) is 2.24. The van der Waals surface area contributed by atoms with E-state index < -0.39 is 5.92 Å². The van der Waals surface area contributed by atoms with E-state index in [1.54, 1.807) is 35.0 Å². The highest BCUT2D eigenvalue weighted by atomic mass is 32.1. The second-order valence-electron chi connectivity index (χ2n) is 8.59. The number of carbonyl (C=O) groups is 2. The van der Waals surface area contributed by atoms with Gasteiger partial charge in [0, 0.05) is 24.0 Å². The van der Waals surface area contributed by atoms with E-state index in [-0.39, 0.29) is 36.4 Å². The first-order valence-electron chi connectivity index (χ1n) is 11.1. The number of rotatable bonds is 5. The molecule has 1 aliphatic heterocycles. The van der Waals surface area contributed by atoms with Gasteiger partial charge in [0.1, 0.15) is 5.82 Å². The van der Waals surface area contributed by atoms with Crippen molar-refractivity contribution in [3.8, 4) is 0 Å². The Kier molecular flexibility index (Phi) is 5.75. The molecule has 4 aromatic rings. The van der Waals surface area contributed by atoms with Crippen molar-refractivity contribution >= 4 is 39.7 Å². The molecule has 0 radical (unpaired) electrons. The zero-order valence-corrected chi connectivity index (χ0v) is 19.7. The molecule has 5 rings (SSSR count). The second kappa shape index (κ2) is 8.87. The molecule has 172 valence electrons. The van der Waals surface area contributed by atoms with Crippen LogP contribution in [0.5, 0.6) is 0 Å². The molecule has 2 aromatic carbocycles. The summed E-state index contributed by atoms with van der Waals surface area (Å²) in [7, 11) is 1.68. The van der Waals surface area contributed by atoms with Crippen molar-refractivity contribution in [3.05, 3.63) is 92.7 Å². The number of aromatic nitrogens is 2. The monoisotopic (exact) mass is 472 g/mol. The molecule has 0 bridgehead atoms. The number of H-pyrrole nitrogens is 1. The van der Waals surface area contributed by atoms with E-state index in [1.807, 2.05) is 54.8 Å². The van der Waals surface area contributed by atoms with Crippen molar-refractivity contribution in [2.75, 3.05) is 11.9 Å². The van der Waals surface area contributed by atoms with Crippen molar-refractivity contribution in [3.63, 3.8) is 0 Å². The number of nitrogens with zero attached hydrogens (tertiary/aromatic N) is 3. The van der Waals surface area contributed by atoms with Crippen LogP contribution in [0.2, 0.25) is 0 Å². The Morgan fingerprint density at radius 2 is 1.88 bits per heavy atom. The number of para-hydroxylation sites is 1. The van der Waals surface area contributed by atoms with Crippen LogP contribution in [-0.2, 0) is 16.1 Å². The first-order valence-corrected chi connectivity index (χ1v) is 12.0. The van der Waals surface area contributed by atoms with Gasteiger partial charge >= 0.3 is 0 Å². The number of amides is 2. The van der Waals surface area contributed by atoms with E-state index in [0.717, 1.165) is 16.1 Å². The molecule has 2 unspecified atom stereocenters. The predicted octanol–water partition coefficient (Wildman–Crippen LogP) is 4.05.